The van der Waals surface area contributed by atoms with E-state index in [1.54, 1.807) is 0 Å². The molecule has 0 aliphatic heterocycles. The van der Waals surface area contributed by atoms with Crippen molar-refractivity contribution in [1.82, 2.24) is 5.32 Å². The fourth-order valence-electron chi connectivity index (χ4n) is 2.69. The predicted octanol–water partition coefficient (Wildman–Crippen LogP) is 2.28. The van der Waals surface area contributed by atoms with Gasteiger partial charge in [0.25, 0.3) is 0 Å². The molecule has 2 atom stereocenters. The van der Waals surface area contributed by atoms with Crippen LogP contribution in [0.25, 0.3) is 0 Å². The summed E-state index contributed by atoms with van der Waals surface area (Å²) in [6.45, 7) is 10.4. The van der Waals surface area contributed by atoms with Crippen molar-refractivity contribution in [1.29, 1.82) is 0 Å². The molecular weight excluding hydrogens is 270 g/mol. The minimum atomic E-state index is -0.560. The third-order valence-corrected chi connectivity index (χ3v) is 3.74. The van der Waals surface area contributed by atoms with E-state index in [-0.39, 0.29) is 18.2 Å². The van der Waals surface area contributed by atoms with Gasteiger partial charge < -0.3 is 19.5 Å². The molecule has 1 fully saturated rings. The Hall–Kier alpha value is -0.650. The number of hydrogen-bond acceptors (Lipinski definition) is 5. The summed E-state index contributed by atoms with van der Waals surface area (Å²) < 4.78 is 16.6. The second kappa shape index (κ2) is 9.38. The molecule has 2 unspecified atom stereocenters. The molecule has 0 aromatic carbocycles. The molecule has 0 bridgehead atoms. The van der Waals surface area contributed by atoms with Crippen LogP contribution in [0.5, 0.6) is 0 Å². The molecule has 0 aromatic heterocycles. The largest absolute Gasteiger partial charge is 0.465 e. The summed E-state index contributed by atoms with van der Waals surface area (Å²) in [6.07, 6.45) is 3.68. The van der Waals surface area contributed by atoms with Gasteiger partial charge in [-0.2, -0.15) is 0 Å². The van der Waals surface area contributed by atoms with Gasteiger partial charge in [-0.15, -0.1) is 0 Å². The van der Waals surface area contributed by atoms with E-state index >= 15 is 0 Å². The highest BCUT2D eigenvalue weighted by molar-refractivity contribution is 5.81. The topological polar surface area (TPSA) is 56.8 Å². The van der Waals surface area contributed by atoms with Gasteiger partial charge in [0.15, 0.2) is 0 Å². The lowest BCUT2D eigenvalue weighted by molar-refractivity contribution is -0.151. The van der Waals surface area contributed by atoms with Crippen LogP contribution in [0.4, 0.5) is 0 Å². The standard InChI is InChI=1S/C16H31NO4/c1-5-9-17-16(15(18)19-6-2)8-7-14(12-16)21-11-10-20-13(3)4/h13-14,17H,5-12H2,1-4H3. The average Bonchev–Trinajstić information content (AvgIpc) is 2.86. The van der Waals surface area contributed by atoms with Crippen molar-refractivity contribution >= 4 is 5.97 Å². The summed E-state index contributed by atoms with van der Waals surface area (Å²) in [5, 5.41) is 3.38. The Bertz CT molecular complexity index is 309. The monoisotopic (exact) mass is 301 g/mol. The fraction of sp³-hybridized carbons (Fsp3) is 0.938. The van der Waals surface area contributed by atoms with E-state index in [0.29, 0.717) is 26.2 Å². The van der Waals surface area contributed by atoms with Crippen molar-refractivity contribution in [3.05, 3.63) is 0 Å². The van der Waals surface area contributed by atoms with Crippen LogP contribution < -0.4 is 5.32 Å². The lowest BCUT2D eigenvalue weighted by Gasteiger charge is -2.28. The molecular formula is C16H31NO4. The van der Waals surface area contributed by atoms with E-state index in [0.717, 1.165) is 25.8 Å². The van der Waals surface area contributed by atoms with Crippen molar-refractivity contribution in [2.24, 2.45) is 0 Å². The van der Waals surface area contributed by atoms with Gasteiger partial charge in [0.2, 0.25) is 0 Å². The summed E-state index contributed by atoms with van der Waals surface area (Å²) >= 11 is 0. The van der Waals surface area contributed by atoms with Gasteiger partial charge in [0.1, 0.15) is 5.54 Å². The zero-order valence-electron chi connectivity index (χ0n) is 13.9. The lowest BCUT2D eigenvalue weighted by atomic mass is 9.97. The smallest absolute Gasteiger partial charge is 0.326 e. The maximum Gasteiger partial charge on any atom is 0.326 e. The molecule has 0 spiro atoms. The van der Waals surface area contributed by atoms with E-state index in [9.17, 15) is 4.79 Å². The molecule has 0 amide bonds. The van der Waals surface area contributed by atoms with Crippen LogP contribution in [0, 0.1) is 0 Å². The summed E-state index contributed by atoms with van der Waals surface area (Å²) in [4.78, 5) is 12.3. The van der Waals surface area contributed by atoms with Gasteiger partial charge >= 0.3 is 5.97 Å². The molecule has 124 valence electrons. The molecule has 1 saturated carbocycles. The Morgan fingerprint density at radius 1 is 1.33 bits per heavy atom. The quantitative estimate of drug-likeness (QED) is 0.495. The molecule has 1 aliphatic carbocycles. The lowest BCUT2D eigenvalue weighted by Crippen LogP contribution is -2.51. The zero-order chi connectivity index (χ0) is 15.7. The second-order valence-electron chi connectivity index (χ2n) is 5.88. The highest BCUT2D eigenvalue weighted by Gasteiger charge is 2.46. The number of carbonyl (C=O) groups excluding carboxylic acids is 1. The van der Waals surface area contributed by atoms with Gasteiger partial charge in [0, 0.05) is 6.42 Å². The van der Waals surface area contributed by atoms with Crippen LogP contribution in [-0.4, -0.2) is 50.1 Å². The maximum absolute atomic E-state index is 12.3. The van der Waals surface area contributed by atoms with Gasteiger partial charge in [-0.25, -0.2) is 0 Å². The SMILES string of the molecule is CCCNC1(C(=O)OCC)CCC(OCCOC(C)C)C1. The summed E-state index contributed by atoms with van der Waals surface area (Å²) in [5.74, 6) is -0.136. The van der Waals surface area contributed by atoms with Gasteiger partial charge in [-0.3, -0.25) is 4.79 Å². The highest BCUT2D eigenvalue weighted by atomic mass is 16.5. The number of hydrogen-bond donors (Lipinski definition) is 1. The van der Waals surface area contributed by atoms with E-state index in [4.69, 9.17) is 14.2 Å². The predicted molar refractivity (Wildman–Crippen MR) is 82.3 cm³/mol. The number of rotatable bonds is 10. The van der Waals surface area contributed by atoms with Crippen LogP contribution in [0.2, 0.25) is 0 Å². The van der Waals surface area contributed by atoms with Gasteiger partial charge in [-0.1, -0.05) is 6.92 Å². The Balaban J connectivity index is 2.45. The first kappa shape index (κ1) is 18.4. The first-order valence-corrected chi connectivity index (χ1v) is 8.19. The van der Waals surface area contributed by atoms with Crippen molar-refractivity contribution < 1.29 is 19.0 Å². The van der Waals surface area contributed by atoms with Crippen molar-refractivity contribution in [3.8, 4) is 0 Å². The highest BCUT2D eigenvalue weighted by Crippen LogP contribution is 2.33. The minimum Gasteiger partial charge on any atom is -0.465 e. The Morgan fingerprint density at radius 2 is 2.10 bits per heavy atom. The fourth-order valence-corrected chi connectivity index (χ4v) is 2.69. The number of nitrogens with one attached hydrogen (secondary N) is 1. The van der Waals surface area contributed by atoms with E-state index in [1.165, 1.54) is 0 Å². The molecule has 0 radical (unpaired) electrons. The summed E-state index contributed by atoms with van der Waals surface area (Å²) in [6, 6.07) is 0. The van der Waals surface area contributed by atoms with Crippen LogP contribution in [0.15, 0.2) is 0 Å². The Kier molecular flexibility index (Phi) is 8.22. The maximum atomic E-state index is 12.3. The molecule has 5 heteroatoms. The Labute approximate surface area is 128 Å². The average molecular weight is 301 g/mol. The van der Waals surface area contributed by atoms with E-state index in [1.807, 2.05) is 20.8 Å². The summed E-state index contributed by atoms with van der Waals surface area (Å²) in [7, 11) is 0. The zero-order valence-corrected chi connectivity index (χ0v) is 13.9. The Morgan fingerprint density at radius 3 is 2.71 bits per heavy atom. The van der Waals surface area contributed by atoms with Crippen LogP contribution in [0.3, 0.4) is 0 Å². The van der Waals surface area contributed by atoms with Crippen LogP contribution in [-0.2, 0) is 19.0 Å². The number of ether oxygens (including phenoxy) is 3. The molecule has 1 rings (SSSR count). The first-order valence-electron chi connectivity index (χ1n) is 8.19. The van der Waals surface area contributed by atoms with Crippen LogP contribution in [0.1, 0.15) is 53.4 Å². The summed E-state index contributed by atoms with van der Waals surface area (Å²) in [5.41, 5.74) is -0.560. The molecule has 0 heterocycles. The van der Waals surface area contributed by atoms with E-state index < -0.39 is 5.54 Å². The molecule has 21 heavy (non-hydrogen) atoms. The molecule has 0 saturated heterocycles. The number of esters is 1. The molecule has 1 aliphatic rings. The minimum absolute atomic E-state index is 0.106. The van der Waals surface area contributed by atoms with Crippen molar-refractivity contribution in [3.63, 3.8) is 0 Å². The molecule has 0 aromatic rings. The second-order valence-corrected chi connectivity index (χ2v) is 5.88. The van der Waals surface area contributed by atoms with Gasteiger partial charge in [0.05, 0.1) is 32.0 Å². The normalized spacial score (nSPS) is 25.5. The van der Waals surface area contributed by atoms with E-state index in [2.05, 4.69) is 12.2 Å². The third-order valence-electron chi connectivity index (χ3n) is 3.74. The van der Waals surface area contributed by atoms with Crippen LogP contribution >= 0.6 is 0 Å². The molecule has 1 N–H and O–H groups in total. The first-order chi connectivity index (χ1) is 10.0. The van der Waals surface area contributed by atoms with Gasteiger partial charge in [-0.05, 0) is 46.6 Å². The third kappa shape index (κ3) is 5.93. The van der Waals surface area contributed by atoms with Crippen molar-refractivity contribution in [2.75, 3.05) is 26.4 Å². The van der Waals surface area contributed by atoms with Crippen molar-refractivity contribution in [2.45, 2.75) is 71.1 Å². The number of carbonyl (C=O) groups is 1. The molecule has 5 nitrogen and oxygen atoms in total.